The van der Waals surface area contributed by atoms with E-state index in [0.29, 0.717) is 37.1 Å². The van der Waals surface area contributed by atoms with Crippen LogP contribution in [0.4, 0.5) is 29.6 Å². The quantitative estimate of drug-likeness (QED) is 0.564. The summed E-state index contributed by atoms with van der Waals surface area (Å²) < 4.78 is 44.5. The third-order valence-electron chi connectivity index (χ3n) is 6.58. The minimum absolute atomic E-state index is 0.0336. The van der Waals surface area contributed by atoms with Crippen LogP contribution in [0.5, 0.6) is 0 Å². The average molecular weight is 497 g/mol. The first-order valence-corrected chi connectivity index (χ1v) is 11.5. The molecule has 0 spiro atoms. The van der Waals surface area contributed by atoms with Crippen molar-refractivity contribution in [3.63, 3.8) is 0 Å². The first-order chi connectivity index (χ1) is 16.5. The highest BCUT2D eigenvalue weighted by Crippen LogP contribution is 2.41. The van der Waals surface area contributed by atoms with Gasteiger partial charge in [0, 0.05) is 37.6 Å². The Morgan fingerprint density at radius 3 is 2.71 bits per heavy atom. The Morgan fingerprint density at radius 2 is 2.06 bits per heavy atom. The van der Waals surface area contributed by atoms with Crippen LogP contribution in [0, 0.1) is 5.92 Å². The number of halogens is 3. The molecule has 4 heterocycles. The van der Waals surface area contributed by atoms with E-state index in [9.17, 15) is 18.0 Å². The summed E-state index contributed by atoms with van der Waals surface area (Å²) in [6.07, 6.45) is -1.85. The summed E-state index contributed by atoms with van der Waals surface area (Å²) in [4.78, 5) is 24.0. The third kappa shape index (κ3) is 5.35. The number of carbonyl (C=O) groups excluding carboxylic acids is 1. The van der Waals surface area contributed by atoms with E-state index in [1.807, 2.05) is 27.9 Å². The monoisotopic (exact) mass is 496 g/mol. The van der Waals surface area contributed by atoms with Gasteiger partial charge in [0.1, 0.15) is 5.82 Å². The number of likely N-dealkylation sites (N-methyl/N-ethyl adjacent to an activating group) is 1. The maximum absolute atomic E-state index is 13.5. The molecule has 0 aromatic carbocycles. The topological polar surface area (TPSA) is 111 Å². The van der Waals surface area contributed by atoms with Gasteiger partial charge in [0.15, 0.2) is 5.82 Å². The summed E-state index contributed by atoms with van der Waals surface area (Å²) in [7, 11) is 3.95. The van der Waals surface area contributed by atoms with Crippen LogP contribution in [-0.2, 0) is 23.0 Å². The number of aromatic nitrogens is 4. The molecule has 0 aliphatic carbocycles. The summed E-state index contributed by atoms with van der Waals surface area (Å²) in [5.74, 6) is -0.633. The fourth-order valence-corrected chi connectivity index (χ4v) is 4.69. The number of rotatable bonds is 6. The van der Waals surface area contributed by atoms with Crippen molar-refractivity contribution >= 4 is 17.7 Å². The van der Waals surface area contributed by atoms with E-state index < -0.39 is 17.5 Å². The van der Waals surface area contributed by atoms with Gasteiger partial charge in [0.05, 0.1) is 17.8 Å². The molecule has 1 fully saturated rings. The highest BCUT2D eigenvalue weighted by Gasteiger charge is 2.44. The first-order valence-electron chi connectivity index (χ1n) is 11.5. The molecule has 0 saturated carbocycles. The molecule has 2 amide bonds. The number of carbonyl (C=O) groups is 1. The van der Waals surface area contributed by atoms with E-state index >= 15 is 0 Å². The molecule has 0 bridgehead atoms. The molecular formula is C22H31F3N8O2. The number of urea groups is 1. The van der Waals surface area contributed by atoms with Crippen LogP contribution < -0.4 is 10.6 Å². The molecule has 2 aromatic rings. The number of ether oxygens (including phenoxy) is 1. The Kier molecular flexibility index (Phi) is 6.91. The second-order valence-corrected chi connectivity index (χ2v) is 9.73. The number of nitrogens with zero attached hydrogens (tertiary/aromatic N) is 5. The average Bonchev–Trinajstić information content (AvgIpc) is 3.31. The smallest absolute Gasteiger partial charge is 0.381 e. The molecule has 1 atom stereocenters. The fourth-order valence-electron chi connectivity index (χ4n) is 4.69. The lowest BCUT2D eigenvalue weighted by atomic mass is 9.91. The van der Waals surface area contributed by atoms with Crippen LogP contribution in [0.15, 0.2) is 12.3 Å². The van der Waals surface area contributed by atoms with Gasteiger partial charge < -0.3 is 25.2 Å². The van der Waals surface area contributed by atoms with Gasteiger partial charge >= 0.3 is 12.2 Å². The van der Waals surface area contributed by atoms with Crippen molar-refractivity contribution in [2.75, 3.05) is 39.2 Å². The standard InChI is InChI=1S/C22H31F3N8O2/c1-21(2)17-14(18(31-30-17)28-16-5-8-26-19(29-16)22(23,24)25)11-33(21)20(34)27-15(12-32(3)4)13-6-9-35-10-7-13/h5,8,13,15H,6-7,9-12H2,1-4H3,(H,27,34)(H2,26,28,29,30,31)/t15-/m1/s1. The summed E-state index contributed by atoms with van der Waals surface area (Å²) in [5.41, 5.74) is 0.719. The number of nitrogens with one attached hydrogen (secondary N) is 3. The minimum Gasteiger partial charge on any atom is -0.381 e. The van der Waals surface area contributed by atoms with Crippen LogP contribution in [0.3, 0.4) is 0 Å². The summed E-state index contributed by atoms with van der Waals surface area (Å²) in [6, 6.07) is 1.10. The van der Waals surface area contributed by atoms with Crippen molar-refractivity contribution in [1.82, 2.24) is 35.3 Å². The van der Waals surface area contributed by atoms with Gasteiger partial charge in [0.25, 0.3) is 0 Å². The minimum atomic E-state index is -4.66. The number of amides is 2. The highest BCUT2D eigenvalue weighted by molar-refractivity contribution is 5.77. The number of H-pyrrole nitrogens is 1. The second kappa shape index (κ2) is 9.61. The number of alkyl halides is 3. The van der Waals surface area contributed by atoms with Crippen molar-refractivity contribution in [1.29, 1.82) is 0 Å². The van der Waals surface area contributed by atoms with Crippen molar-refractivity contribution in [2.45, 2.75) is 51.0 Å². The lowest BCUT2D eigenvalue weighted by molar-refractivity contribution is -0.144. The molecule has 13 heteroatoms. The first kappa shape index (κ1) is 25.2. The molecule has 0 unspecified atom stereocenters. The van der Waals surface area contributed by atoms with E-state index in [1.54, 1.807) is 4.90 Å². The number of aromatic amines is 1. The SMILES string of the molecule is CN(C)C[C@@H](NC(=O)N1Cc2c(Nc3ccnc(C(F)(F)F)n3)n[nH]c2C1(C)C)C1CCOCC1. The Morgan fingerprint density at radius 1 is 1.34 bits per heavy atom. The van der Waals surface area contributed by atoms with Crippen molar-refractivity contribution in [3.8, 4) is 0 Å². The lowest BCUT2D eigenvalue weighted by Gasteiger charge is -2.37. The van der Waals surface area contributed by atoms with Crippen LogP contribution in [0.2, 0.25) is 0 Å². The van der Waals surface area contributed by atoms with Gasteiger partial charge in [-0.3, -0.25) is 5.10 Å². The zero-order valence-electron chi connectivity index (χ0n) is 20.2. The zero-order chi connectivity index (χ0) is 25.4. The van der Waals surface area contributed by atoms with Crippen molar-refractivity contribution < 1.29 is 22.7 Å². The summed E-state index contributed by atoms with van der Waals surface area (Å²) >= 11 is 0. The van der Waals surface area contributed by atoms with Gasteiger partial charge in [-0.15, -0.1) is 0 Å². The van der Waals surface area contributed by atoms with Gasteiger partial charge in [-0.05, 0) is 52.8 Å². The van der Waals surface area contributed by atoms with Gasteiger partial charge in [-0.25, -0.2) is 14.8 Å². The van der Waals surface area contributed by atoms with E-state index in [-0.39, 0.29) is 24.4 Å². The van der Waals surface area contributed by atoms with E-state index in [1.165, 1.54) is 6.07 Å². The number of fused-ring (bicyclic) bond motifs is 1. The highest BCUT2D eigenvalue weighted by atomic mass is 19.4. The predicted octanol–water partition coefficient (Wildman–Crippen LogP) is 3.08. The molecule has 10 nitrogen and oxygen atoms in total. The molecule has 35 heavy (non-hydrogen) atoms. The number of anilines is 2. The van der Waals surface area contributed by atoms with Crippen LogP contribution in [-0.4, -0.2) is 75.9 Å². The van der Waals surface area contributed by atoms with Gasteiger partial charge in [-0.2, -0.15) is 18.3 Å². The predicted molar refractivity (Wildman–Crippen MR) is 122 cm³/mol. The van der Waals surface area contributed by atoms with Crippen LogP contribution >= 0.6 is 0 Å². The molecule has 192 valence electrons. The molecule has 2 aliphatic heterocycles. The lowest BCUT2D eigenvalue weighted by Crippen LogP contribution is -2.54. The summed E-state index contributed by atoms with van der Waals surface area (Å²) in [6.45, 7) is 6.13. The van der Waals surface area contributed by atoms with E-state index in [4.69, 9.17) is 4.74 Å². The maximum atomic E-state index is 13.5. The van der Waals surface area contributed by atoms with Crippen molar-refractivity contribution in [3.05, 3.63) is 29.3 Å². The Balaban J connectivity index is 1.51. The normalized spacial score (nSPS) is 19.0. The molecule has 0 radical (unpaired) electrons. The summed E-state index contributed by atoms with van der Waals surface area (Å²) in [5, 5.41) is 13.2. The largest absolute Gasteiger partial charge is 0.451 e. The van der Waals surface area contributed by atoms with E-state index in [0.717, 1.165) is 24.7 Å². The Labute approximate surface area is 201 Å². The molecule has 1 saturated heterocycles. The van der Waals surface area contributed by atoms with Gasteiger partial charge in [0.2, 0.25) is 5.82 Å². The maximum Gasteiger partial charge on any atom is 0.451 e. The third-order valence-corrected chi connectivity index (χ3v) is 6.58. The second-order valence-electron chi connectivity index (χ2n) is 9.73. The zero-order valence-corrected chi connectivity index (χ0v) is 20.2. The molecule has 3 N–H and O–H groups in total. The molecule has 4 rings (SSSR count). The van der Waals surface area contributed by atoms with Crippen LogP contribution in [0.1, 0.15) is 43.8 Å². The number of hydrogen-bond acceptors (Lipinski definition) is 7. The Bertz CT molecular complexity index is 1050. The molecule has 2 aliphatic rings. The van der Waals surface area contributed by atoms with E-state index in [2.05, 4.69) is 35.7 Å². The van der Waals surface area contributed by atoms with Gasteiger partial charge in [-0.1, -0.05) is 0 Å². The van der Waals surface area contributed by atoms with Crippen LogP contribution in [0.25, 0.3) is 0 Å². The Hall–Kier alpha value is -2.93. The van der Waals surface area contributed by atoms with Crippen molar-refractivity contribution in [2.24, 2.45) is 5.92 Å². The molecular weight excluding hydrogens is 465 g/mol. The number of hydrogen-bond donors (Lipinski definition) is 3. The molecule has 2 aromatic heterocycles. The fraction of sp³-hybridized carbons (Fsp3) is 0.636.